The van der Waals surface area contributed by atoms with E-state index in [0.717, 1.165) is 30.0 Å². The van der Waals surface area contributed by atoms with E-state index in [0.29, 0.717) is 19.2 Å². The van der Waals surface area contributed by atoms with E-state index in [4.69, 9.17) is 4.74 Å². The number of hydrogen-bond donors (Lipinski definition) is 2. The molecule has 0 aromatic heterocycles. The monoisotopic (exact) mass is 306 g/mol. The summed E-state index contributed by atoms with van der Waals surface area (Å²) in [6, 6.07) is 6.71. The Hall–Kier alpha value is -1.10. The Labute approximate surface area is 134 Å². The van der Waals surface area contributed by atoms with Gasteiger partial charge in [0.2, 0.25) is 0 Å². The van der Waals surface area contributed by atoms with Crippen molar-refractivity contribution in [1.29, 1.82) is 0 Å². The molecule has 124 valence electrons. The van der Waals surface area contributed by atoms with Crippen molar-refractivity contribution in [2.75, 3.05) is 32.8 Å². The molecule has 1 aromatic carbocycles. The summed E-state index contributed by atoms with van der Waals surface area (Å²) in [5, 5.41) is 13.5. The fraction of sp³-hybridized carbons (Fsp3) is 0.667. The number of likely N-dealkylation sites (N-methyl/N-ethyl adjacent to an activating group) is 1. The molecule has 0 bridgehead atoms. The van der Waals surface area contributed by atoms with Crippen molar-refractivity contribution < 1.29 is 9.84 Å². The zero-order valence-corrected chi connectivity index (χ0v) is 14.1. The lowest BCUT2D eigenvalue weighted by atomic mass is 10.1. The second-order valence-corrected chi connectivity index (χ2v) is 6.27. The van der Waals surface area contributed by atoms with Crippen molar-refractivity contribution in [2.24, 2.45) is 0 Å². The molecule has 1 aliphatic heterocycles. The number of nitrogens with zero attached hydrogens (tertiary/aromatic N) is 1. The number of para-hydroxylation sites is 1. The normalized spacial score (nSPS) is 20.3. The molecule has 2 rings (SSSR count). The zero-order chi connectivity index (χ0) is 15.9. The van der Waals surface area contributed by atoms with Crippen molar-refractivity contribution in [3.05, 3.63) is 29.3 Å². The van der Waals surface area contributed by atoms with Crippen molar-refractivity contribution in [2.45, 2.75) is 45.8 Å². The second kappa shape index (κ2) is 8.51. The molecule has 0 unspecified atom stereocenters. The van der Waals surface area contributed by atoms with Crippen LogP contribution < -0.4 is 10.1 Å². The summed E-state index contributed by atoms with van der Waals surface area (Å²) in [5.74, 6) is 0.898. The minimum absolute atomic E-state index is 0.334. The van der Waals surface area contributed by atoms with Crippen LogP contribution in [0.15, 0.2) is 18.2 Å². The minimum atomic E-state index is -0.476. The van der Waals surface area contributed by atoms with E-state index in [1.54, 1.807) is 0 Å². The van der Waals surface area contributed by atoms with E-state index >= 15 is 0 Å². The van der Waals surface area contributed by atoms with Crippen molar-refractivity contribution in [3.63, 3.8) is 0 Å². The predicted molar refractivity (Wildman–Crippen MR) is 90.6 cm³/mol. The van der Waals surface area contributed by atoms with Gasteiger partial charge >= 0.3 is 0 Å². The van der Waals surface area contributed by atoms with Gasteiger partial charge in [-0.2, -0.15) is 0 Å². The Morgan fingerprint density at radius 1 is 1.36 bits per heavy atom. The Bertz CT molecular complexity index is 444. The third-order valence-electron chi connectivity index (χ3n) is 4.49. The van der Waals surface area contributed by atoms with Gasteiger partial charge in [-0.25, -0.2) is 0 Å². The molecule has 1 fully saturated rings. The highest BCUT2D eigenvalue weighted by Crippen LogP contribution is 2.22. The molecule has 1 aliphatic rings. The lowest BCUT2D eigenvalue weighted by Crippen LogP contribution is -2.41. The first-order valence-electron chi connectivity index (χ1n) is 8.43. The Morgan fingerprint density at radius 2 is 2.09 bits per heavy atom. The molecular weight excluding hydrogens is 276 g/mol. The summed E-state index contributed by atoms with van der Waals surface area (Å²) in [6.07, 6.45) is 2.07. The quantitative estimate of drug-likeness (QED) is 0.772. The van der Waals surface area contributed by atoms with E-state index in [1.807, 2.05) is 32.0 Å². The van der Waals surface area contributed by atoms with E-state index in [1.165, 1.54) is 19.4 Å². The maximum atomic E-state index is 10.1. The summed E-state index contributed by atoms with van der Waals surface area (Å²) in [4.78, 5) is 2.51. The Kier molecular flexibility index (Phi) is 6.68. The maximum absolute atomic E-state index is 10.1. The van der Waals surface area contributed by atoms with E-state index in [2.05, 4.69) is 17.1 Å². The molecule has 1 heterocycles. The fourth-order valence-corrected chi connectivity index (χ4v) is 3.22. The molecule has 1 aromatic rings. The summed E-state index contributed by atoms with van der Waals surface area (Å²) in [5.41, 5.74) is 2.23. The van der Waals surface area contributed by atoms with Crippen molar-refractivity contribution in [3.8, 4) is 5.75 Å². The first-order chi connectivity index (χ1) is 10.6. The fourth-order valence-electron chi connectivity index (χ4n) is 3.22. The van der Waals surface area contributed by atoms with Gasteiger partial charge in [0.25, 0.3) is 0 Å². The van der Waals surface area contributed by atoms with Gasteiger partial charge < -0.3 is 15.2 Å². The van der Waals surface area contributed by atoms with Crippen LogP contribution in [0.25, 0.3) is 0 Å². The molecule has 4 nitrogen and oxygen atoms in total. The molecule has 0 saturated carbocycles. The van der Waals surface area contributed by atoms with Crippen LogP contribution in [0.2, 0.25) is 0 Å². The van der Waals surface area contributed by atoms with Crippen molar-refractivity contribution >= 4 is 0 Å². The van der Waals surface area contributed by atoms with E-state index < -0.39 is 6.10 Å². The van der Waals surface area contributed by atoms with E-state index in [-0.39, 0.29) is 0 Å². The average Bonchev–Trinajstić information content (AvgIpc) is 2.94. The molecule has 2 N–H and O–H groups in total. The highest BCUT2D eigenvalue weighted by molar-refractivity contribution is 5.39. The van der Waals surface area contributed by atoms with Crippen LogP contribution in [-0.2, 0) is 0 Å². The van der Waals surface area contributed by atoms with Gasteiger partial charge in [-0.05, 0) is 50.9 Å². The standard InChI is InChI=1S/C18H30N2O2/c1-4-20-10-6-9-16(20)11-19-12-17(21)13-22-18-14(2)7-5-8-15(18)3/h5,7-8,16-17,19,21H,4,6,9-13H2,1-3H3/t16-,17+/m1/s1. The highest BCUT2D eigenvalue weighted by Gasteiger charge is 2.22. The average molecular weight is 306 g/mol. The molecule has 1 saturated heterocycles. The molecule has 0 amide bonds. The number of ether oxygens (including phenoxy) is 1. The zero-order valence-electron chi connectivity index (χ0n) is 14.1. The second-order valence-electron chi connectivity index (χ2n) is 6.27. The topological polar surface area (TPSA) is 44.7 Å². The number of aliphatic hydroxyl groups is 1. The lowest BCUT2D eigenvalue weighted by molar-refractivity contribution is 0.103. The predicted octanol–water partition coefficient (Wildman–Crippen LogP) is 2.12. The maximum Gasteiger partial charge on any atom is 0.125 e. The molecule has 0 aliphatic carbocycles. The van der Waals surface area contributed by atoms with Crippen LogP contribution in [0, 0.1) is 13.8 Å². The number of likely N-dealkylation sites (tertiary alicyclic amines) is 1. The Morgan fingerprint density at radius 3 is 2.77 bits per heavy atom. The molecular formula is C18H30N2O2. The third-order valence-corrected chi connectivity index (χ3v) is 4.49. The highest BCUT2D eigenvalue weighted by atomic mass is 16.5. The number of nitrogens with one attached hydrogen (secondary N) is 1. The molecule has 2 atom stereocenters. The van der Waals surface area contributed by atoms with Gasteiger partial charge in [0.05, 0.1) is 0 Å². The molecule has 0 radical (unpaired) electrons. The van der Waals surface area contributed by atoms with Crippen LogP contribution >= 0.6 is 0 Å². The number of aliphatic hydroxyl groups excluding tert-OH is 1. The summed E-state index contributed by atoms with van der Waals surface area (Å²) >= 11 is 0. The smallest absolute Gasteiger partial charge is 0.125 e. The van der Waals surface area contributed by atoms with Gasteiger partial charge in [0.15, 0.2) is 0 Å². The number of hydrogen-bond acceptors (Lipinski definition) is 4. The van der Waals surface area contributed by atoms with Gasteiger partial charge in [0.1, 0.15) is 18.5 Å². The van der Waals surface area contributed by atoms with Crippen LogP contribution in [0.5, 0.6) is 5.75 Å². The first kappa shape index (κ1) is 17.3. The summed E-state index contributed by atoms with van der Waals surface area (Å²) in [7, 11) is 0. The Balaban J connectivity index is 1.69. The molecule has 0 spiro atoms. The number of rotatable bonds is 8. The van der Waals surface area contributed by atoms with Gasteiger partial charge in [-0.1, -0.05) is 25.1 Å². The van der Waals surface area contributed by atoms with Crippen LogP contribution in [0.1, 0.15) is 30.9 Å². The van der Waals surface area contributed by atoms with Crippen LogP contribution in [0.3, 0.4) is 0 Å². The summed E-state index contributed by atoms with van der Waals surface area (Å²) in [6.45, 7) is 10.5. The van der Waals surface area contributed by atoms with Gasteiger partial charge in [-0.15, -0.1) is 0 Å². The molecule has 4 heteroatoms. The first-order valence-corrected chi connectivity index (χ1v) is 8.43. The van der Waals surface area contributed by atoms with Gasteiger partial charge in [-0.3, -0.25) is 4.90 Å². The number of aryl methyl sites for hydroxylation is 2. The van der Waals surface area contributed by atoms with Crippen LogP contribution in [0.4, 0.5) is 0 Å². The third kappa shape index (κ3) is 4.70. The summed E-state index contributed by atoms with van der Waals surface area (Å²) < 4.78 is 5.79. The SMILES string of the molecule is CCN1CCC[C@@H]1CNC[C@H](O)COc1c(C)cccc1C. The van der Waals surface area contributed by atoms with Crippen molar-refractivity contribution in [1.82, 2.24) is 10.2 Å². The van der Waals surface area contributed by atoms with E-state index in [9.17, 15) is 5.11 Å². The largest absolute Gasteiger partial charge is 0.490 e. The number of benzene rings is 1. The lowest BCUT2D eigenvalue weighted by Gasteiger charge is -2.23. The minimum Gasteiger partial charge on any atom is -0.490 e. The molecule has 22 heavy (non-hydrogen) atoms. The van der Waals surface area contributed by atoms with Gasteiger partial charge in [0, 0.05) is 19.1 Å². The van der Waals surface area contributed by atoms with Crippen LogP contribution in [-0.4, -0.2) is 54.9 Å².